The van der Waals surface area contributed by atoms with E-state index in [0.717, 1.165) is 30.5 Å². The van der Waals surface area contributed by atoms with E-state index in [1.807, 2.05) is 13.8 Å². The molecule has 26 heavy (non-hydrogen) atoms. The van der Waals surface area contributed by atoms with Crippen LogP contribution in [0.5, 0.6) is 0 Å². The molecular formula is C17H27N5O4. The maximum atomic E-state index is 12.8. The van der Waals surface area contributed by atoms with Crippen molar-refractivity contribution < 1.29 is 9.84 Å². The van der Waals surface area contributed by atoms with Crippen molar-refractivity contribution in [1.82, 2.24) is 18.7 Å². The summed E-state index contributed by atoms with van der Waals surface area (Å²) in [6.07, 6.45) is 1.34. The van der Waals surface area contributed by atoms with Crippen molar-refractivity contribution >= 4 is 17.1 Å². The first-order valence-corrected chi connectivity index (χ1v) is 9.02. The smallest absolute Gasteiger partial charge is 0.332 e. The lowest BCUT2D eigenvalue weighted by atomic mass is 10.3. The Morgan fingerprint density at radius 1 is 1.15 bits per heavy atom. The molecular weight excluding hydrogens is 338 g/mol. The van der Waals surface area contributed by atoms with Crippen LogP contribution in [0.1, 0.15) is 26.7 Å². The van der Waals surface area contributed by atoms with Crippen LogP contribution in [0.3, 0.4) is 0 Å². The number of rotatable bonds is 6. The highest BCUT2D eigenvalue weighted by molar-refractivity contribution is 5.74. The first kappa shape index (κ1) is 18.7. The second-order valence-corrected chi connectivity index (χ2v) is 7.13. The standard InChI is InChI=1S/C17H27N5O4/c1-11(2)26-10-12(23)9-22-13-14(18-16(22)21-7-5-6-8-21)19(3)17(25)20(4)15(13)24/h11-12,23H,5-10H2,1-4H3/t12-/m0/s1. The second-order valence-electron chi connectivity index (χ2n) is 7.13. The molecule has 0 bridgehead atoms. The predicted molar refractivity (Wildman–Crippen MR) is 98.8 cm³/mol. The van der Waals surface area contributed by atoms with Crippen LogP contribution >= 0.6 is 0 Å². The summed E-state index contributed by atoms with van der Waals surface area (Å²) in [5.41, 5.74) is -0.140. The Labute approximate surface area is 151 Å². The Hall–Kier alpha value is -2.13. The van der Waals surface area contributed by atoms with E-state index >= 15 is 0 Å². The molecule has 0 aromatic carbocycles. The molecule has 1 fully saturated rings. The minimum absolute atomic E-state index is 0.0101. The van der Waals surface area contributed by atoms with E-state index in [-0.39, 0.29) is 19.3 Å². The summed E-state index contributed by atoms with van der Waals surface area (Å²) in [5, 5.41) is 10.4. The van der Waals surface area contributed by atoms with Gasteiger partial charge in [0, 0.05) is 27.2 Å². The van der Waals surface area contributed by atoms with Crippen LogP contribution in [-0.2, 0) is 25.4 Å². The zero-order valence-electron chi connectivity index (χ0n) is 15.8. The molecule has 9 heteroatoms. The Morgan fingerprint density at radius 3 is 2.42 bits per heavy atom. The fourth-order valence-electron chi connectivity index (χ4n) is 3.33. The predicted octanol–water partition coefficient (Wildman–Crippen LogP) is -0.180. The van der Waals surface area contributed by atoms with Gasteiger partial charge in [0.25, 0.3) is 5.56 Å². The molecule has 1 aliphatic rings. The van der Waals surface area contributed by atoms with Gasteiger partial charge in [-0.05, 0) is 26.7 Å². The average Bonchev–Trinajstić information content (AvgIpc) is 3.24. The number of ether oxygens (including phenoxy) is 1. The molecule has 2 aromatic rings. The molecule has 3 rings (SSSR count). The van der Waals surface area contributed by atoms with Crippen molar-refractivity contribution in [2.75, 3.05) is 24.6 Å². The third-order valence-electron chi connectivity index (χ3n) is 4.73. The molecule has 0 radical (unpaired) electrons. The van der Waals surface area contributed by atoms with E-state index in [9.17, 15) is 14.7 Å². The summed E-state index contributed by atoms with van der Waals surface area (Å²) in [7, 11) is 3.06. The van der Waals surface area contributed by atoms with E-state index in [4.69, 9.17) is 4.74 Å². The van der Waals surface area contributed by atoms with Gasteiger partial charge in [0.15, 0.2) is 11.2 Å². The van der Waals surface area contributed by atoms with Crippen molar-refractivity contribution in [1.29, 1.82) is 0 Å². The number of fused-ring (bicyclic) bond motifs is 1. The lowest BCUT2D eigenvalue weighted by molar-refractivity contribution is -0.000172. The van der Waals surface area contributed by atoms with Crippen molar-refractivity contribution in [3.63, 3.8) is 0 Å². The van der Waals surface area contributed by atoms with Crippen LogP contribution in [0.4, 0.5) is 5.95 Å². The molecule has 2 aromatic heterocycles. The molecule has 1 saturated heterocycles. The number of aliphatic hydroxyl groups is 1. The van der Waals surface area contributed by atoms with Gasteiger partial charge in [0.1, 0.15) is 0 Å². The lowest BCUT2D eigenvalue weighted by Gasteiger charge is -2.20. The van der Waals surface area contributed by atoms with E-state index < -0.39 is 17.4 Å². The van der Waals surface area contributed by atoms with Gasteiger partial charge in [0.2, 0.25) is 5.95 Å². The van der Waals surface area contributed by atoms with Crippen LogP contribution in [0, 0.1) is 0 Å². The van der Waals surface area contributed by atoms with Crippen LogP contribution in [0.25, 0.3) is 11.2 Å². The number of aromatic nitrogens is 4. The molecule has 0 spiro atoms. The zero-order valence-corrected chi connectivity index (χ0v) is 15.8. The topological polar surface area (TPSA) is 94.5 Å². The van der Waals surface area contributed by atoms with Gasteiger partial charge in [-0.25, -0.2) is 4.79 Å². The van der Waals surface area contributed by atoms with Crippen molar-refractivity contribution in [2.45, 2.75) is 45.4 Å². The molecule has 0 aliphatic carbocycles. The normalized spacial score (nSPS) is 16.2. The van der Waals surface area contributed by atoms with Crippen LogP contribution in [0.2, 0.25) is 0 Å². The summed E-state index contributed by atoms with van der Waals surface area (Å²) in [5.74, 6) is 0.624. The largest absolute Gasteiger partial charge is 0.389 e. The summed E-state index contributed by atoms with van der Waals surface area (Å²) in [6.45, 7) is 5.85. The Morgan fingerprint density at radius 2 is 1.81 bits per heavy atom. The van der Waals surface area contributed by atoms with Gasteiger partial charge >= 0.3 is 5.69 Å². The van der Waals surface area contributed by atoms with Crippen LogP contribution < -0.4 is 16.1 Å². The number of hydrogen-bond donors (Lipinski definition) is 1. The number of aryl methyl sites for hydroxylation is 1. The second kappa shape index (κ2) is 7.24. The number of imidazole rings is 1. The number of nitrogens with zero attached hydrogens (tertiary/aromatic N) is 5. The fourth-order valence-corrected chi connectivity index (χ4v) is 3.33. The monoisotopic (exact) mass is 365 g/mol. The highest BCUT2D eigenvalue weighted by Crippen LogP contribution is 2.23. The maximum Gasteiger partial charge on any atom is 0.332 e. The number of aliphatic hydroxyl groups excluding tert-OH is 1. The van der Waals surface area contributed by atoms with Gasteiger partial charge in [-0.3, -0.25) is 13.9 Å². The molecule has 3 heterocycles. The Kier molecular flexibility index (Phi) is 5.19. The molecule has 1 aliphatic heterocycles. The minimum Gasteiger partial charge on any atom is -0.389 e. The first-order chi connectivity index (χ1) is 12.3. The van der Waals surface area contributed by atoms with Gasteiger partial charge < -0.3 is 19.3 Å². The number of anilines is 1. The molecule has 0 saturated carbocycles. The summed E-state index contributed by atoms with van der Waals surface area (Å²) in [4.78, 5) is 31.7. The van der Waals surface area contributed by atoms with Gasteiger partial charge in [0.05, 0.1) is 25.4 Å². The Bertz CT molecular complexity index is 904. The lowest BCUT2D eigenvalue weighted by Crippen LogP contribution is -2.38. The summed E-state index contributed by atoms with van der Waals surface area (Å²) in [6, 6.07) is 0. The molecule has 9 nitrogen and oxygen atoms in total. The SMILES string of the molecule is CC(C)OC[C@@H](O)Cn1c(N2CCCC2)nc2c1c(=O)n(C)c(=O)n2C. The van der Waals surface area contributed by atoms with E-state index in [2.05, 4.69) is 9.88 Å². The highest BCUT2D eigenvalue weighted by Gasteiger charge is 2.25. The van der Waals surface area contributed by atoms with Crippen LogP contribution in [-0.4, -0.2) is 55.7 Å². The first-order valence-electron chi connectivity index (χ1n) is 9.02. The van der Waals surface area contributed by atoms with Gasteiger partial charge in [-0.2, -0.15) is 4.98 Å². The quantitative estimate of drug-likeness (QED) is 0.763. The van der Waals surface area contributed by atoms with E-state index in [0.29, 0.717) is 17.1 Å². The highest BCUT2D eigenvalue weighted by atomic mass is 16.5. The average molecular weight is 365 g/mol. The van der Waals surface area contributed by atoms with Crippen molar-refractivity contribution in [2.24, 2.45) is 14.1 Å². The molecule has 1 atom stereocenters. The van der Waals surface area contributed by atoms with Crippen molar-refractivity contribution in [3.05, 3.63) is 20.8 Å². The maximum absolute atomic E-state index is 12.8. The van der Waals surface area contributed by atoms with Crippen molar-refractivity contribution in [3.8, 4) is 0 Å². The molecule has 0 amide bonds. The Balaban J connectivity index is 2.12. The molecule has 0 unspecified atom stereocenters. The van der Waals surface area contributed by atoms with Gasteiger partial charge in [-0.1, -0.05) is 0 Å². The number of hydrogen-bond acceptors (Lipinski definition) is 6. The molecule has 144 valence electrons. The summed E-state index contributed by atoms with van der Waals surface area (Å²) >= 11 is 0. The fraction of sp³-hybridized carbons (Fsp3) is 0.706. The summed E-state index contributed by atoms with van der Waals surface area (Å²) < 4.78 is 9.68. The van der Waals surface area contributed by atoms with Crippen LogP contribution in [0.15, 0.2) is 9.59 Å². The third kappa shape index (κ3) is 3.28. The zero-order chi connectivity index (χ0) is 19.0. The van der Waals surface area contributed by atoms with E-state index in [1.54, 1.807) is 11.6 Å². The molecule has 1 N–H and O–H groups in total. The van der Waals surface area contributed by atoms with E-state index in [1.165, 1.54) is 11.6 Å². The third-order valence-corrected chi connectivity index (χ3v) is 4.73. The minimum atomic E-state index is -0.780. The van der Waals surface area contributed by atoms with Gasteiger partial charge in [-0.15, -0.1) is 0 Å².